The van der Waals surface area contributed by atoms with Crippen LogP contribution in [0.5, 0.6) is 0 Å². The van der Waals surface area contributed by atoms with Crippen molar-refractivity contribution in [2.45, 2.75) is 13.3 Å². The fourth-order valence-electron chi connectivity index (χ4n) is 2.40. The van der Waals surface area contributed by atoms with Gasteiger partial charge >= 0.3 is 5.69 Å². The molecule has 1 unspecified atom stereocenters. The van der Waals surface area contributed by atoms with Gasteiger partial charge in [0.1, 0.15) is 11.3 Å². The summed E-state index contributed by atoms with van der Waals surface area (Å²) >= 11 is 0. The van der Waals surface area contributed by atoms with Gasteiger partial charge in [0.15, 0.2) is 0 Å². The molecule has 6 nitrogen and oxygen atoms in total. The summed E-state index contributed by atoms with van der Waals surface area (Å²) in [6.45, 7) is 3.41. The third-order valence-electron chi connectivity index (χ3n) is 3.43. The largest absolute Gasteiger partial charge is 0.383 e. The highest BCUT2D eigenvalue weighted by Gasteiger charge is 2.30. The van der Waals surface area contributed by atoms with Gasteiger partial charge in [0.2, 0.25) is 0 Å². The van der Waals surface area contributed by atoms with E-state index in [9.17, 15) is 14.9 Å². The molecular formula is C13H17N3O3. The van der Waals surface area contributed by atoms with Crippen LogP contribution in [0.4, 0.5) is 11.4 Å². The Hall–Kier alpha value is -2.11. The number of amides is 1. The number of carbonyl (C=O) groups excluding carboxylic acids is 1. The van der Waals surface area contributed by atoms with E-state index in [2.05, 4.69) is 12.2 Å². The van der Waals surface area contributed by atoms with Crippen molar-refractivity contribution >= 4 is 17.3 Å². The van der Waals surface area contributed by atoms with Gasteiger partial charge in [-0.25, -0.2) is 0 Å². The van der Waals surface area contributed by atoms with Crippen LogP contribution in [0.3, 0.4) is 0 Å². The van der Waals surface area contributed by atoms with Gasteiger partial charge in [-0.05, 0) is 24.5 Å². The summed E-state index contributed by atoms with van der Waals surface area (Å²) in [5.74, 6) is 0.198. The number of anilines is 1. The van der Waals surface area contributed by atoms with Crippen LogP contribution < -0.4 is 5.32 Å². The van der Waals surface area contributed by atoms with Crippen LogP contribution in [0, 0.1) is 16.0 Å². The van der Waals surface area contributed by atoms with E-state index in [1.165, 1.54) is 6.07 Å². The van der Waals surface area contributed by atoms with Gasteiger partial charge in [0, 0.05) is 20.1 Å². The average Bonchev–Trinajstić information content (AvgIpc) is 2.83. The molecule has 1 aliphatic heterocycles. The second-order valence-electron chi connectivity index (χ2n) is 4.85. The molecule has 1 fully saturated rings. The molecule has 1 heterocycles. The maximum atomic E-state index is 12.4. The highest BCUT2D eigenvalue weighted by atomic mass is 16.6. The number of likely N-dealkylation sites (tertiary alicyclic amines) is 1. The van der Waals surface area contributed by atoms with Crippen molar-refractivity contribution in [3.05, 3.63) is 33.9 Å². The fraction of sp³-hybridized carbons (Fsp3) is 0.462. The Balaban J connectivity index is 2.39. The highest BCUT2D eigenvalue weighted by Crippen LogP contribution is 2.30. The number of hydrogen-bond acceptors (Lipinski definition) is 4. The molecule has 102 valence electrons. The van der Waals surface area contributed by atoms with Crippen LogP contribution >= 0.6 is 0 Å². The summed E-state index contributed by atoms with van der Waals surface area (Å²) in [7, 11) is 1.61. The number of nitro groups is 1. The molecule has 19 heavy (non-hydrogen) atoms. The molecule has 0 saturated carbocycles. The Morgan fingerprint density at radius 1 is 1.53 bits per heavy atom. The first-order valence-corrected chi connectivity index (χ1v) is 6.29. The summed E-state index contributed by atoms with van der Waals surface area (Å²) < 4.78 is 0. The minimum atomic E-state index is -0.501. The number of hydrogen-bond donors (Lipinski definition) is 1. The number of para-hydroxylation sites is 1. The molecule has 0 bridgehead atoms. The lowest BCUT2D eigenvalue weighted by Crippen LogP contribution is -2.29. The third kappa shape index (κ3) is 2.52. The Bertz CT molecular complexity index is 516. The normalized spacial score (nSPS) is 18.4. The molecule has 0 aromatic heterocycles. The lowest BCUT2D eigenvalue weighted by molar-refractivity contribution is -0.384. The lowest BCUT2D eigenvalue weighted by Gasteiger charge is -2.16. The Morgan fingerprint density at radius 2 is 2.26 bits per heavy atom. The first kappa shape index (κ1) is 13.3. The van der Waals surface area contributed by atoms with E-state index in [0.717, 1.165) is 6.42 Å². The van der Waals surface area contributed by atoms with Crippen molar-refractivity contribution < 1.29 is 9.72 Å². The van der Waals surface area contributed by atoms with Gasteiger partial charge in [0.25, 0.3) is 5.91 Å². The number of nitrogens with zero attached hydrogens (tertiary/aromatic N) is 2. The second kappa shape index (κ2) is 5.26. The van der Waals surface area contributed by atoms with Crippen LogP contribution in [0.2, 0.25) is 0 Å². The van der Waals surface area contributed by atoms with Gasteiger partial charge in [-0.3, -0.25) is 14.9 Å². The Morgan fingerprint density at radius 3 is 2.79 bits per heavy atom. The second-order valence-corrected chi connectivity index (χ2v) is 4.85. The molecule has 0 radical (unpaired) electrons. The van der Waals surface area contributed by atoms with Crippen molar-refractivity contribution in [3.8, 4) is 0 Å². The summed E-state index contributed by atoms with van der Waals surface area (Å²) in [5, 5.41) is 13.9. The minimum Gasteiger partial charge on any atom is -0.383 e. The van der Waals surface area contributed by atoms with Crippen LogP contribution in [0.1, 0.15) is 23.7 Å². The molecule has 1 N–H and O–H groups in total. The number of nitro benzene ring substituents is 1. The molecule has 1 aliphatic rings. The molecule has 2 rings (SSSR count). The van der Waals surface area contributed by atoms with Gasteiger partial charge < -0.3 is 10.2 Å². The number of benzene rings is 1. The molecule has 1 aromatic rings. The molecule has 1 saturated heterocycles. The van der Waals surface area contributed by atoms with Gasteiger partial charge in [0.05, 0.1) is 4.92 Å². The molecule has 0 spiro atoms. The minimum absolute atomic E-state index is 0.144. The van der Waals surface area contributed by atoms with Gasteiger partial charge in [-0.1, -0.05) is 13.0 Å². The average molecular weight is 263 g/mol. The van der Waals surface area contributed by atoms with Crippen molar-refractivity contribution in [2.24, 2.45) is 5.92 Å². The number of rotatable bonds is 3. The predicted octanol–water partition coefficient (Wildman–Crippen LogP) is 2.12. The van der Waals surface area contributed by atoms with E-state index < -0.39 is 4.92 Å². The number of nitrogens with one attached hydrogen (secondary N) is 1. The molecule has 1 aromatic carbocycles. The molecular weight excluding hydrogens is 246 g/mol. The zero-order valence-corrected chi connectivity index (χ0v) is 11.0. The van der Waals surface area contributed by atoms with Crippen molar-refractivity contribution in [1.29, 1.82) is 0 Å². The zero-order valence-electron chi connectivity index (χ0n) is 11.0. The lowest BCUT2D eigenvalue weighted by atomic mass is 10.1. The topological polar surface area (TPSA) is 75.5 Å². The van der Waals surface area contributed by atoms with Crippen LogP contribution in [-0.2, 0) is 0 Å². The van der Waals surface area contributed by atoms with E-state index in [-0.39, 0.29) is 17.2 Å². The summed E-state index contributed by atoms with van der Waals surface area (Å²) in [6, 6.07) is 4.78. The van der Waals surface area contributed by atoms with Gasteiger partial charge in [-0.2, -0.15) is 0 Å². The first-order valence-electron chi connectivity index (χ1n) is 6.29. The number of carbonyl (C=O) groups is 1. The smallest absolute Gasteiger partial charge is 0.305 e. The third-order valence-corrected chi connectivity index (χ3v) is 3.43. The maximum Gasteiger partial charge on any atom is 0.305 e. The standard InChI is InChI=1S/C13H17N3O3/c1-9-6-7-15(8-9)13(17)10-4-3-5-11(14-2)12(10)16(18)19/h3-5,9,14H,6-8H2,1-2H3. The Labute approximate surface area is 111 Å². The predicted molar refractivity (Wildman–Crippen MR) is 72.3 cm³/mol. The molecule has 6 heteroatoms. The monoisotopic (exact) mass is 263 g/mol. The first-order chi connectivity index (χ1) is 9.04. The summed E-state index contributed by atoms with van der Waals surface area (Å²) in [6.07, 6.45) is 0.950. The molecule has 0 aliphatic carbocycles. The van der Waals surface area contributed by atoms with E-state index in [1.807, 2.05) is 0 Å². The molecule has 1 atom stereocenters. The van der Waals surface area contributed by atoms with Crippen molar-refractivity contribution in [2.75, 3.05) is 25.5 Å². The van der Waals surface area contributed by atoms with Crippen LogP contribution in [-0.4, -0.2) is 35.9 Å². The quantitative estimate of drug-likeness (QED) is 0.669. The van der Waals surface area contributed by atoms with Crippen molar-refractivity contribution in [1.82, 2.24) is 4.90 Å². The Kier molecular flexibility index (Phi) is 3.69. The SMILES string of the molecule is CNc1cccc(C(=O)N2CCC(C)C2)c1[N+](=O)[O-]. The van der Waals surface area contributed by atoms with Crippen LogP contribution in [0.25, 0.3) is 0 Å². The fourth-order valence-corrected chi connectivity index (χ4v) is 2.40. The maximum absolute atomic E-state index is 12.4. The van der Waals surface area contributed by atoms with E-state index in [4.69, 9.17) is 0 Å². The summed E-state index contributed by atoms with van der Waals surface area (Å²) in [4.78, 5) is 24.7. The summed E-state index contributed by atoms with van der Waals surface area (Å²) in [5.41, 5.74) is 0.378. The van der Waals surface area contributed by atoms with E-state index in [0.29, 0.717) is 24.7 Å². The van der Waals surface area contributed by atoms with E-state index in [1.54, 1.807) is 24.1 Å². The highest BCUT2D eigenvalue weighted by molar-refractivity contribution is 6.00. The van der Waals surface area contributed by atoms with E-state index >= 15 is 0 Å². The zero-order chi connectivity index (χ0) is 14.0. The molecule has 1 amide bonds. The van der Waals surface area contributed by atoms with Gasteiger partial charge in [-0.15, -0.1) is 0 Å². The van der Waals surface area contributed by atoms with Crippen LogP contribution in [0.15, 0.2) is 18.2 Å². The van der Waals surface area contributed by atoms with Crippen molar-refractivity contribution in [3.63, 3.8) is 0 Å².